The lowest BCUT2D eigenvalue weighted by atomic mass is 9.62. The molecule has 0 aromatic heterocycles. The van der Waals surface area contributed by atoms with Crippen LogP contribution < -0.4 is 0 Å². The fourth-order valence-electron chi connectivity index (χ4n) is 9.29. The third-order valence-electron chi connectivity index (χ3n) is 13.3. The van der Waals surface area contributed by atoms with Gasteiger partial charge in [-0.15, -0.1) is 23.5 Å². The normalized spacial score (nSPS) is 32.1. The third-order valence-corrected chi connectivity index (χ3v) is 15.9. The SMILES string of the molecule is C=C(C)[C@@H]1CC[C@]2(C)CCC(=O)C=C2C1.C[C@@]12CCC(=O)C=C1C[C@@H](Sc1ccccc1)CC2.C[C@@]12CCC(=O)C=C1C[C@H](Sc1ccccc1)CC2. The molecule has 6 atom stereocenters. The standard InChI is InChI=1S/2C17H20OS.C14H20O/c2*1-17-9-7-14(18)11-13(17)12-16(8-10-17)19-15-5-3-2-4-6-15;1-10(2)11-4-6-14(3)7-5-13(15)9-12(14)8-11/h2*2-6,11,16H,7-10,12H2,1H3;9,11H,1,4-8H2,2-3H3/t16-,17+;16-,17-;11-,14-/m101/s1. The molecule has 6 aliphatic carbocycles. The van der Waals surface area contributed by atoms with Gasteiger partial charge in [-0.2, -0.15) is 0 Å². The van der Waals surface area contributed by atoms with Crippen molar-refractivity contribution in [3.05, 3.63) is 108 Å². The van der Waals surface area contributed by atoms with Gasteiger partial charge in [-0.3, -0.25) is 14.4 Å². The highest BCUT2D eigenvalue weighted by Crippen LogP contribution is 2.52. The van der Waals surface area contributed by atoms with Gasteiger partial charge in [-0.1, -0.05) is 86.0 Å². The van der Waals surface area contributed by atoms with Gasteiger partial charge in [-0.25, -0.2) is 0 Å². The Kier molecular flexibility index (Phi) is 13.0. The molecular weight excluding hydrogens is 689 g/mol. The fourth-order valence-corrected chi connectivity index (χ4v) is 11.7. The zero-order valence-corrected chi connectivity index (χ0v) is 34.2. The van der Waals surface area contributed by atoms with Crippen LogP contribution in [0.2, 0.25) is 0 Å². The first-order valence-corrected chi connectivity index (χ1v) is 21.9. The van der Waals surface area contributed by atoms with E-state index in [-0.39, 0.29) is 0 Å². The van der Waals surface area contributed by atoms with E-state index < -0.39 is 0 Å². The maximum absolute atomic E-state index is 11.6. The maximum Gasteiger partial charge on any atom is 0.155 e. The van der Waals surface area contributed by atoms with Crippen molar-refractivity contribution in [3.8, 4) is 0 Å². The Hall–Kier alpha value is -2.89. The van der Waals surface area contributed by atoms with E-state index in [0.717, 1.165) is 57.8 Å². The van der Waals surface area contributed by atoms with Gasteiger partial charge >= 0.3 is 0 Å². The summed E-state index contributed by atoms with van der Waals surface area (Å²) < 4.78 is 0. The van der Waals surface area contributed by atoms with Crippen molar-refractivity contribution in [1.29, 1.82) is 0 Å². The lowest BCUT2D eigenvalue weighted by Crippen LogP contribution is -2.32. The van der Waals surface area contributed by atoms with E-state index in [1.807, 2.05) is 41.8 Å². The summed E-state index contributed by atoms with van der Waals surface area (Å²) in [6, 6.07) is 21.2. The van der Waals surface area contributed by atoms with E-state index in [1.165, 1.54) is 70.6 Å². The minimum absolute atomic E-state index is 0.307. The number of fused-ring (bicyclic) bond motifs is 3. The van der Waals surface area contributed by atoms with Gasteiger partial charge in [0.05, 0.1) is 0 Å². The quantitative estimate of drug-likeness (QED) is 0.285. The highest BCUT2D eigenvalue weighted by Gasteiger charge is 2.40. The molecule has 0 aliphatic heterocycles. The Labute approximate surface area is 328 Å². The van der Waals surface area contributed by atoms with Gasteiger partial charge in [0.25, 0.3) is 0 Å². The molecule has 3 saturated carbocycles. The predicted molar refractivity (Wildman–Crippen MR) is 223 cm³/mol. The number of thioether (sulfide) groups is 2. The molecule has 8 rings (SSSR count). The molecule has 0 unspecified atom stereocenters. The van der Waals surface area contributed by atoms with E-state index in [4.69, 9.17) is 0 Å². The summed E-state index contributed by atoms with van der Waals surface area (Å²) in [6.07, 6.45) is 21.9. The maximum atomic E-state index is 11.6. The molecule has 5 heteroatoms. The molecule has 0 bridgehead atoms. The lowest BCUT2D eigenvalue weighted by molar-refractivity contribution is -0.116. The van der Waals surface area contributed by atoms with Crippen molar-refractivity contribution in [3.63, 3.8) is 0 Å². The zero-order valence-electron chi connectivity index (χ0n) is 32.6. The average Bonchev–Trinajstić information content (AvgIpc) is 3.14. The predicted octanol–water partition coefficient (Wildman–Crippen LogP) is 12.9. The molecule has 282 valence electrons. The second kappa shape index (κ2) is 17.3. The molecule has 3 nitrogen and oxygen atoms in total. The highest BCUT2D eigenvalue weighted by molar-refractivity contribution is 8.00. The van der Waals surface area contributed by atoms with Gasteiger partial charge in [0.15, 0.2) is 17.3 Å². The van der Waals surface area contributed by atoms with Crippen molar-refractivity contribution in [1.82, 2.24) is 0 Å². The Balaban J connectivity index is 0.000000137. The lowest BCUT2D eigenvalue weighted by Gasteiger charge is -2.42. The van der Waals surface area contributed by atoms with Crippen molar-refractivity contribution in [2.24, 2.45) is 22.2 Å². The summed E-state index contributed by atoms with van der Waals surface area (Å²) in [4.78, 5) is 37.4. The largest absolute Gasteiger partial charge is 0.295 e. The monoisotopic (exact) mass is 748 g/mol. The number of carbonyl (C=O) groups excluding carboxylic acids is 3. The topological polar surface area (TPSA) is 51.2 Å². The van der Waals surface area contributed by atoms with E-state index in [0.29, 0.717) is 50.0 Å². The van der Waals surface area contributed by atoms with Crippen LogP contribution in [0.25, 0.3) is 0 Å². The fraction of sp³-hybridized carbons (Fsp3) is 0.521. The molecule has 2 aromatic rings. The second-order valence-corrected chi connectivity index (χ2v) is 20.2. The first kappa shape index (κ1) is 39.8. The van der Waals surface area contributed by atoms with Crippen molar-refractivity contribution < 1.29 is 14.4 Å². The minimum Gasteiger partial charge on any atom is -0.295 e. The van der Waals surface area contributed by atoms with Gasteiger partial charge in [-0.05, 0) is 149 Å². The van der Waals surface area contributed by atoms with Crippen LogP contribution in [-0.4, -0.2) is 27.8 Å². The smallest absolute Gasteiger partial charge is 0.155 e. The summed E-state index contributed by atoms with van der Waals surface area (Å²) in [5, 5.41) is 1.26. The van der Waals surface area contributed by atoms with Gasteiger partial charge in [0.2, 0.25) is 0 Å². The van der Waals surface area contributed by atoms with Crippen molar-refractivity contribution in [2.45, 2.75) is 144 Å². The number of hydrogen-bond acceptors (Lipinski definition) is 5. The molecule has 6 aliphatic rings. The summed E-state index contributed by atoms with van der Waals surface area (Å²) in [7, 11) is 0. The molecule has 0 amide bonds. The Morgan fingerprint density at radius 2 is 0.906 bits per heavy atom. The van der Waals surface area contributed by atoms with Gasteiger partial charge in [0.1, 0.15) is 0 Å². The van der Waals surface area contributed by atoms with Crippen LogP contribution in [0.5, 0.6) is 0 Å². The van der Waals surface area contributed by atoms with E-state index in [1.54, 1.807) is 0 Å². The first-order chi connectivity index (χ1) is 25.3. The molecule has 0 N–H and O–H groups in total. The van der Waals surface area contributed by atoms with Crippen LogP contribution >= 0.6 is 23.5 Å². The molecule has 2 aromatic carbocycles. The van der Waals surface area contributed by atoms with Gasteiger partial charge < -0.3 is 0 Å². The number of ketones is 3. The molecule has 0 radical (unpaired) electrons. The number of allylic oxidation sites excluding steroid dienone is 7. The van der Waals surface area contributed by atoms with Crippen LogP contribution in [0.15, 0.2) is 118 Å². The average molecular weight is 749 g/mol. The van der Waals surface area contributed by atoms with Crippen LogP contribution in [0.1, 0.15) is 124 Å². The van der Waals surface area contributed by atoms with E-state index in [2.05, 4.69) is 94.9 Å². The summed E-state index contributed by atoms with van der Waals surface area (Å²) in [6.45, 7) is 13.2. The van der Waals surface area contributed by atoms with Crippen molar-refractivity contribution in [2.75, 3.05) is 0 Å². The zero-order chi connectivity index (χ0) is 37.6. The molecular formula is C48H60O3S2. The van der Waals surface area contributed by atoms with Crippen LogP contribution in [0.3, 0.4) is 0 Å². The number of benzene rings is 2. The molecule has 0 spiro atoms. The van der Waals surface area contributed by atoms with Crippen LogP contribution in [0, 0.1) is 22.2 Å². The molecule has 0 heterocycles. The number of rotatable bonds is 5. The Morgan fingerprint density at radius 3 is 1.28 bits per heavy atom. The summed E-state index contributed by atoms with van der Waals surface area (Å²) in [5.74, 6) is 1.59. The van der Waals surface area contributed by atoms with Gasteiger partial charge in [0, 0.05) is 39.6 Å². The molecule has 3 fully saturated rings. The first-order valence-electron chi connectivity index (χ1n) is 20.1. The number of hydrogen-bond donors (Lipinski definition) is 0. The minimum atomic E-state index is 0.307. The molecule has 0 saturated heterocycles. The van der Waals surface area contributed by atoms with Crippen LogP contribution in [-0.2, 0) is 14.4 Å². The Bertz CT molecular complexity index is 1660. The van der Waals surface area contributed by atoms with E-state index in [9.17, 15) is 14.4 Å². The summed E-state index contributed by atoms with van der Waals surface area (Å²) >= 11 is 3.94. The Morgan fingerprint density at radius 1 is 0.547 bits per heavy atom. The third kappa shape index (κ3) is 10.3. The van der Waals surface area contributed by atoms with Crippen molar-refractivity contribution >= 4 is 40.9 Å². The molecule has 53 heavy (non-hydrogen) atoms. The number of carbonyl (C=O) groups is 3. The second-order valence-electron chi connectivity index (χ2n) is 17.5. The van der Waals surface area contributed by atoms with Crippen LogP contribution in [0.4, 0.5) is 0 Å². The summed E-state index contributed by atoms with van der Waals surface area (Å²) in [5.41, 5.74) is 6.41. The van der Waals surface area contributed by atoms with E-state index >= 15 is 0 Å². The highest BCUT2D eigenvalue weighted by atomic mass is 32.2.